The zero-order valence-electron chi connectivity index (χ0n) is 13.6. The fourth-order valence-electron chi connectivity index (χ4n) is 1.99. The van der Waals surface area contributed by atoms with Gasteiger partial charge in [0.1, 0.15) is 6.10 Å². The SMILES string of the molecule is CCC=CC[C@@H](C=CC=CCCCCCCCC(=O)O)OO. The lowest BCUT2D eigenvalue weighted by molar-refractivity contribution is -0.264. The van der Waals surface area contributed by atoms with Crippen molar-refractivity contribution >= 4 is 5.97 Å². The average Bonchev–Trinajstić information content (AvgIpc) is 2.50. The molecule has 126 valence electrons. The van der Waals surface area contributed by atoms with Crippen molar-refractivity contribution in [1.29, 1.82) is 0 Å². The number of carbonyl (C=O) groups is 1. The van der Waals surface area contributed by atoms with Gasteiger partial charge in [0.05, 0.1) is 0 Å². The number of rotatable bonds is 14. The highest BCUT2D eigenvalue weighted by Crippen LogP contribution is 2.08. The summed E-state index contributed by atoms with van der Waals surface area (Å²) in [6.45, 7) is 2.07. The van der Waals surface area contributed by atoms with E-state index in [1.807, 2.05) is 30.4 Å². The predicted molar refractivity (Wildman–Crippen MR) is 89.8 cm³/mol. The Bertz CT molecular complexity index is 345. The van der Waals surface area contributed by atoms with E-state index in [1.54, 1.807) is 0 Å². The van der Waals surface area contributed by atoms with Crippen molar-refractivity contribution in [2.75, 3.05) is 0 Å². The maximum Gasteiger partial charge on any atom is 0.303 e. The van der Waals surface area contributed by atoms with Crippen molar-refractivity contribution in [3.8, 4) is 0 Å². The molecular weight excluding hydrogens is 280 g/mol. The molecule has 0 aliphatic heterocycles. The van der Waals surface area contributed by atoms with Gasteiger partial charge in [0.15, 0.2) is 0 Å². The van der Waals surface area contributed by atoms with E-state index in [1.165, 1.54) is 0 Å². The van der Waals surface area contributed by atoms with Crippen LogP contribution in [0, 0.1) is 0 Å². The second-order valence-electron chi connectivity index (χ2n) is 5.27. The number of unbranched alkanes of at least 4 members (excludes halogenated alkanes) is 5. The topological polar surface area (TPSA) is 66.8 Å². The third-order valence-corrected chi connectivity index (χ3v) is 3.24. The van der Waals surface area contributed by atoms with Crippen LogP contribution in [0.25, 0.3) is 0 Å². The third-order valence-electron chi connectivity index (χ3n) is 3.24. The van der Waals surface area contributed by atoms with Crippen LogP contribution >= 0.6 is 0 Å². The van der Waals surface area contributed by atoms with E-state index in [4.69, 9.17) is 10.4 Å². The predicted octanol–water partition coefficient (Wildman–Crippen LogP) is 5.13. The molecule has 0 spiro atoms. The van der Waals surface area contributed by atoms with Crippen LogP contribution in [0.4, 0.5) is 0 Å². The van der Waals surface area contributed by atoms with E-state index in [2.05, 4.69) is 17.9 Å². The minimum absolute atomic E-state index is 0.284. The Morgan fingerprint density at radius 1 is 1.05 bits per heavy atom. The van der Waals surface area contributed by atoms with Gasteiger partial charge >= 0.3 is 5.97 Å². The Hall–Kier alpha value is -1.39. The highest BCUT2D eigenvalue weighted by Gasteiger charge is 1.99. The monoisotopic (exact) mass is 310 g/mol. The molecule has 0 aliphatic rings. The van der Waals surface area contributed by atoms with Crippen molar-refractivity contribution in [2.45, 2.75) is 70.8 Å². The van der Waals surface area contributed by atoms with E-state index in [0.29, 0.717) is 6.42 Å². The standard InChI is InChI=1S/C18H30O4/c1-2-3-11-14-17(22-21)15-12-9-7-5-4-6-8-10-13-16-18(19)20/h3,7,9,11-12,15,17,21H,2,4-6,8,10,13-14,16H2,1H3,(H,19,20)/t17-/m0/s1. The van der Waals surface area contributed by atoms with Gasteiger partial charge < -0.3 is 5.11 Å². The van der Waals surface area contributed by atoms with E-state index >= 15 is 0 Å². The molecule has 0 aromatic heterocycles. The maximum absolute atomic E-state index is 10.3. The molecule has 22 heavy (non-hydrogen) atoms. The molecule has 0 fully saturated rings. The number of aliphatic carboxylic acids is 1. The molecule has 4 heteroatoms. The van der Waals surface area contributed by atoms with Gasteiger partial charge in [-0.2, -0.15) is 0 Å². The quantitative estimate of drug-likeness (QED) is 0.153. The molecule has 1 atom stereocenters. The molecular formula is C18H30O4. The van der Waals surface area contributed by atoms with Crippen molar-refractivity contribution in [2.24, 2.45) is 0 Å². The maximum atomic E-state index is 10.3. The van der Waals surface area contributed by atoms with Crippen molar-refractivity contribution in [3.63, 3.8) is 0 Å². The summed E-state index contributed by atoms with van der Waals surface area (Å²) in [6.07, 6.45) is 19.7. The van der Waals surface area contributed by atoms with Gasteiger partial charge in [-0.05, 0) is 32.1 Å². The van der Waals surface area contributed by atoms with Crippen LogP contribution in [0.1, 0.15) is 64.7 Å². The lowest BCUT2D eigenvalue weighted by atomic mass is 10.1. The summed E-state index contributed by atoms with van der Waals surface area (Å²) < 4.78 is 0. The smallest absolute Gasteiger partial charge is 0.303 e. The first-order valence-electron chi connectivity index (χ1n) is 8.21. The zero-order chi connectivity index (χ0) is 16.5. The number of hydrogen-bond acceptors (Lipinski definition) is 3. The minimum Gasteiger partial charge on any atom is -0.481 e. The third kappa shape index (κ3) is 15.0. The lowest BCUT2D eigenvalue weighted by Crippen LogP contribution is -2.04. The summed E-state index contributed by atoms with van der Waals surface area (Å²) in [4.78, 5) is 14.7. The van der Waals surface area contributed by atoms with E-state index in [0.717, 1.165) is 44.9 Å². The van der Waals surface area contributed by atoms with Gasteiger partial charge in [-0.3, -0.25) is 10.1 Å². The number of carboxylic acid groups (broad SMARTS) is 1. The molecule has 0 saturated heterocycles. The van der Waals surface area contributed by atoms with Crippen LogP contribution in [0.3, 0.4) is 0 Å². The Morgan fingerprint density at radius 2 is 1.77 bits per heavy atom. The zero-order valence-corrected chi connectivity index (χ0v) is 13.6. The second kappa shape index (κ2) is 16.0. The van der Waals surface area contributed by atoms with Gasteiger partial charge in [0.25, 0.3) is 0 Å². The number of hydrogen-bond donors (Lipinski definition) is 2. The summed E-state index contributed by atoms with van der Waals surface area (Å²) in [5.41, 5.74) is 0. The normalized spacial score (nSPS) is 13.5. The molecule has 0 radical (unpaired) electrons. The summed E-state index contributed by atoms with van der Waals surface area (Å²) in [5, 5.41) is 17.3. The molecule has 0 heterocycles. The molecule has 0 aromatic carbocycles. The molecule has 0 aliphatic carbocycles. The Kier molecular flexibility index (Phi) is 15.0. The summed E-state index contributed by atoms with van der Waals surface area (Å²) in [5.74, 6) is -0.704. The van der Waals surface area contributed by atoms with Gasteiger partial charge in [0, 0.05) is 6.42 Å². The Labute approximate surface area is 134 Å². The molecule has 2 N–H and O–H groups in total. The van der Waals surface area contributed by atoms with Crippen LogP contribution in [0.5, 0.6) is 0 Å². The Balaban J connectivity index is 3.57. The fourth-order valence-corrected chi connectivity index (χ4v) is 1.99. The van der Waals surface area contributed by atoms with Crippen LogP contribution in [0.2, 0.25) is 0 Å². The fraction of sp³-hybridized carbons (Fsp3) is 0.611. The van der Waals surface area contributed by atoms with Gasteiger partial charge in [-0.25, -0.2) is 4.89 Å². The molecule has 0 amide bonds. The molecule has 0 bridgehead atoms. The number of carboxylic acids is 1. The molecule has 4 nitrogen and oxygen atoms in total. The molecule has 0 saturated carbocycles. The van der Waals surface area contributed by atoms with E-state index in [-0.39, 0.29) is 12.5 Å². The van der Waals surface area contributed by atoms with Crippen molar-refractivity contribution in [1.82, 2.24) is 0 Å². The van der Waals surface area contributed by atoms with Crippen LogP contribution in [0.15, 0.2) is 36.5 Å². The molecule has 0 rings (SSSR count). The van der Waals surface area contributed by atoms with Crippen molar-refractivity contribution in [3.05, 3.63) is 36.5 Å². The first-order chi connectivity index (χ1) is 10.7. The summed E-state index contributed by atoms with van der Waals surface area (Å²) in [6, 6.07) is 0. The van der Waals surface area contributed by atoms with Crippen molar-refractivity contribution < 1.29 is 20.0 Å². The second-order valence-corrected chi connectivity index (χ2v) is 5.27. The minimum atomic E-state index is -0.704. The number of allylic oxidation sites excluding steroid dienone is 4. The largest absolute Gasteiger partial charge is 0.481 e. The summed E-state index contributed by atoms with van der Waals surface area (Å²) in [7, 11) is 0. The highest BCUT2D eigenvalue weighted by molar-refractivity contribution is 5.66. The van der Waals surface area contributed by atoms with E-state index < -0.39 is 5.97 Å². The highest BCUT2D eigenvalue weighted by atomic mass is 17.1. The molecule has 0 aromatic rings. The first kappa shape index (κ1) is 20.6. The van der Waals surface area contributed by atoms with Gasteiger partial charge in [0.2, 0.25) is 0 Å². The van der Waals surface area contributed by atoms with Crippen LogP contribution < -0.4 is 0 Å². The molecule has 0 unspecified atom stereocenters. The van der Waals surface area contributed by atoms with Gasteiger partial charge in [-0.1, -0.05) is 62.6 Å². The van der Waals surface area contributed by atoms with Crippen LogP contribution in [-0.2, 0) is 9.68 Å². The lowest BCUT2D eigenvalue weighted by Gasteiger charge is -2.03. The average molecular weight is 310 g/mol. The Morgan fingerprint density at radius 3 is 2.45 bits per heavy atom. The van der Waals surface area contributed by atoms with E-state index in [9.17, 15) is 4.79 Å². The van der Waals surface area contributed by atoms with Crippen LogP contribution in [-0.4, -0.2) is 22.4 Å². The summed E-state index contributed by atoms with van der Waals surface area (Å²) >= 11 is 0. The first-order valence-corrected chi connectivity index (χ1v) is 8.21. The van der Waals surface area contributed by atoms with Gasteiger partial charge in [-0.15, -0.1) is 0 Å².